The van der Waals surface area contributed by atoms with E-state index in [1.807, 2.05) is 33.0 Å². The van der Waals surface area contributed by atoms with Gasteiger partial charge in [-0.15, -0.1) is 0 Å². The average Bonchev–Trinajstić information content (AvgIpc) is 2.85. The van der Waals surface area contributed by atoms with Gasteiger partial charge in [0.1, 0.15) is 17.4 Å². The molecule has 0 aliphatic carbocycles. The Labute approximate surface area is 143 Å². The van der Waals surface area contributed by atoms with Crippen molar-refractivity contribution in [3.63, 3.8) is 0 Å². The summed E-state index contributed by atoms with van der Waals surface area (Å²) in [6.45, 7) is 8.30. The zero-order valence-corrected chi connectivity index (χ0v) is 15.1. The molecule has 1 aliphatic heterocycles. The number of anilines is 1. The number of carbonyl (C=O) groups excluding carboxylic acids is 1. The van der Waals surface area contributed by atoms with Gasteiger partial charge in [0.05, 0.1) is 0 Å². The number of carbonyl (C=O) groups is 1. The number of amides is 1. The van der Waals surface area contributed by atoms with Crippen LogP contribution in [-0.2, 0) is 4.74 Å². The van der Waals surface area contributed by atoms with Crippen molar-refractivity contribution in [2.75, 3.05) is 31.1 Å². The first-order chi connectivity index (χ1) is 10.8. The van der Waals surface area contributed by atoms with Crippen LogP contribution >= 0.6 is 15.9 Å². The lowest BCUT2D eigenvalue weighted by Gasteiger charge is -2.36. The number of piperazine rings is 1. The zero-order chi connectivity index (χ0) is 16.6. The van der Waals surface area contributed by atoms with Gasteiger partial charge in [0.2, 0.25) is 0 Å². The van der Waals surface area contributed by atoms with Gasteiger partial charge in [-0.3, -0.25) is 0 Å². The van der Waals surface area contributed by atoms with Gasteiger partial charge >= 0.3 is 6.09 Å². The number of hydrogen-bond acceptors (Lipinski definition) is 5. The maximum atomic E-state index is 12.1. The van der Waals surface area contributed by atoms with Crippen LogP contribution < -0.4 is 4.90 Å². The first-order valence-electron chi connectivity index (χ1n) is 7.55. The van der Waals surface area contributed by atoms with Crippen LogP contribution in [0.15, 0.2) is 23.1 Å². The van der Waals surface area contributed by atoms with Crippen LogP contribution in [0.3, 0.4) is 0 Å². The van der Waals surface area contributed by atoms with Gasteiger partial charge in [-0.1, -0.05) is 0 Å². The van der Waals surface area contributed by atoms with E-state index in [0.717, 1.165) is 15.8 Å². The minimum Gasteiger partial charge on any atom is -0.444 e. The molecule has 0 aromatic carbocycles. The molecule has 3 rings (SSSR count). The molecule has 1 fully saturated rings. The molecule has 0 atom stereocenters. The second kappa shape index (κ2) is 5.99. The lowest BCUT2D eigenvalue weighted by Crippen LogP contribution is -2.50. The third-order valence-electron chi connectivity index (χ3n) is 3.58. The van der Waals surface area contributed by atoms with Crippen LogP contribution in [0.2, 0.25) is 0 Å². The predicted octanol–water partition coefficient (Wildman–Crippen LogP) is 2.55. The molecular weight excluding hydrogens is 362 g/mol. The van der Waals surface area contributed by atoms with E-state index in [0.29, 0.717) is 26.2 Å². The van der Waals surface area contributed by atoms with E-state index in [2.05, 4.69) is 30.9 Å². The van der Waals surface area contributed by atoms with Crippen LogP contribution in [-0.4, -0.2) is 57.4 Å². The highest BCUT2D eigenvalue weighted by atomic mass is 79.9. The maximum absolute atomic E-state index is 12.1. The fourth-order valence-corrected chi connectivity index (χ4v) is 2.97. The van der Waals surface area contributed by atoms with Crippen molar-refractivity contribution < 1.29 is 9.53 Å². The normalized spacial score (nSPS) is 16.0. The summed E-state index contributed by atoms with van der Waals surface area (Å²) in [7, 11) is 0. The molecule has 0 N–H and O–H groups in total. The summed E-state index contributed by atoms with van der Waals surface area (Å²) in [5.74, 6) is 0.884. The number of aromatic nitrogens is 3. The standard InChI is InChI=1S/C15H20BrN5O2/c1-15(2,3)23-14(22)20-6-4-19(5-7-20)13-12-8-11(16)9-21(12)18-10-17-13/h8-10H,4-7H2,1-3H3. The Morgan fingerprint density at radius 2 is 1.96 bits per heavy atom. The van der Waals surface area contributed by atoms with Crippen LogP contribution in [0.5, 0.6) is 0 Å². The minimum absolute atomic E-state index is 0.254. The van der Waals surface area contributed by atoms with Gasteiger partial charge in [-0.2, -0.15) is 5.10 Å². The van der Waals surface area contributed by atoms with Gasteiger partial charge in [-0.05, 0) is 42.8 Å². The van der Waals surface area contributed by atoms with E-state index in [-0.39, 0.29) is 6.09 Å². The molecule has 23 heavy (non-hydrogen) atoms. The molecule has 3 heterocycles. The first kappa shape index (κ1) is 16.0. The number of hydrogen-bond donors (Lipinski definition) is 0. The van der Waals surface area contributed by atoms with Gasteiger partial charge in [0.15, 0.2) is 5.82 Å². The molecule has 1 saturated heterocycles. The monoisotopic (exact) mass is 381 g/mol. The molecule has 0 bridgehead atoms. The Kier molecular flexibility index (Phi) is 4.18. The highest BCUT2D eigenvalue weighted by molar-refractivity contribution is 9.10. The van der Waals surface area contributed by atoms with E-state index in [4.69, 9.17) is 4.74 Å². The number of fused-ring (bicyclic) bond motifs is 1. The molecule has 1 aliphatic rings. The Balaban J connectivity index is 1.70. The van der Waals surface area contributed by atoms with E-state index >= 15 is 0 Å². The summed E-state index contributed by atoms with van der Waals surface area (Å²) >= 11 is 3.46. The van der Waals surface area contributed by atoms with Crippen molar-refractivity contribution in [1.29, 1.82) is 0 Å². The van der Waals surface area contributed by atoms with E-state index in [1.165, 1.54) is 0 Å². The molecule has 0 unspecified atom stereocenters. The van der Waals surface area contributed by atoms with E-state index < -0.39 is 5.60 Å². The Morgan fingerprint density at radius 1 is 1.26 bits per heavy atom. The van der Waals surface area contributed by atoms with Gasteiger partial charge in [0.25, 0.3) is 0 Å². The second-order valence-corrected chi connectivity index (χ2v) is 7.44. The maximum Gasteiger partial charge on any atom is 0.410 e. The van der Waals surface area contributed by atoms with E-state index in [1.54, 1.807) is 15.7 Å². The summed E-state index contributed by atoms with van der Waals surface area (Å²) in [6, 6.07) is 2.00. The van der Waals surface area contributed by atoms with Crippen molar-refractivity contribution in [2.45, 2.75) is 26.4 Å². The van der Waals surface area contributed by atoms with Crippen LogP contribution in [0.1, 0.15) is 20.8 Å². The fourth-order valence-electron chi connectivity index (χ4n) is 2.56. The third kappa shape index (κ3) is 3.57. The van der Waals surface area contributed by atoms with Crippen LogP contribution in [0.4, 0.5) is 10.6 Å². The summed E-state index contributed by atoms with van der Waals surface area (Å²) in [5, 5.41) is 4.21. The first-order valence-corrected chi connectivity index (χ1v) is 8.34. The van der Waals surface area contributed by atoms with E-state index in [9.17, 15) is 4.79 Å². The quantitative estimate of drug-likeness (QED) is 0.759. The lowest BCUT2D eigenvalue weighted by atomic mass is 10.2. The molecule has 0 spiro atoms. The van der Waals surface area contributed by atoms with Gasteiger partial charge < -0.3 is 14.5 Å². The third-order valence-corrected chi connectivity index (χ3v) is 4.02. The van der Waals surface area contributed by atoms with Crippen molar-refractivity contribution in [3.05, 3.63) is 23.1 Å². The average molecular weight is 382 g/mol. The second-order valence-electron chi connectivity index (χ2n) is 6.53. The molecule has 2 aromatic rings. The van der Waals surface area contributed by atoms with Crippen molar-refractivity contribution in [1.82, 2.24) is 19.5 Å². The summed E-state index contributed by atoms with van der Waals surface area (Å²) in [4.78, 5) is 20.4. The lowest BCUT2D eigenvalue weighted by molar-refractivity contribution is 0.0240. The molecule has 7 nitrogen and oxygen atoms in total. The summed E-state index contributed by atoms with van der Waals surface area (Å²) in [5.41, 5.74) is 0.482. The number of ether oxygens (including phenoxy) is 1. The molecule has 8 heteroatoms. The smallest absolute Gasteiger partial charge is 0.410 e. The fraction of sp³-hybridized carbons (Fsp3) is 0.533. The molecule has 124 valence electrons. The Morgan fingerprint density at radius 3 is 2.61 bits per heavy atom. The minimum atomic E-state index is -0.467. The Bertz CT molecular complexity index is 716. The summed E-state index contributed by atoms with van der Waals surface area (Å²) < 4.78 is 8.19. The van der Waals surface area contributed by atoms with Gasteiger partial charge in [0, 0.05) is 36.8 Å². The molecule has 1 amide bonds. The highest BCUT2D eigenvalue weighted by Gasteiger charge is 2.27. The van der Waals surface area contributed by atoms with Crippen LogP contribution in [0, 0.1) is 0 Å². The number of halogens is 1. The number of rotatable bonds is 1. The highest BCUT2D eigenvalue weighted by Crippen LogP contribution is 2.24. The molecule has 0 saturated carbocycles. The number of nitrogens with zero attached hydrogens (tertiary/aromatic N) is 5. The Hall–Kier alpha value is -1.83. The SMILES string of the molecule is CC(C)(C)OC(=O)N1CCN(c2ncnn3cc(Br)cc23)CC1. The summed E-state index contributed by atoms with van der Waals surface area (Å²) in [6.07, 6.45) is 3.20. The largest absolute Gasteiger partial charge is 0.444 e. The van der Waals surface area contributed by atoms with Crippen LogP contribution in [0.25, 0.3) is 5.52 Å². The zero-order valence-electron chi connectivity index (χ0n) is 13.5. The van der Waals surface area contributed by atoms with Crippen molar-refractivity contribution >= 4 is 33.4 Å². The topological polar surface area (TPSA) is 63.0 Å². The molecule has 0 radical (unpaired) electrons. The predicted molar refractivity (Wildman–Crippen MR) is 90.7 cm³/mol. The molecular formula is C15H20BrN5O2. The van der Waals surface area contributed by atoms with Gasteiger partial charge in [-0.25, -0.2) is 14.3 Å². The van der Waals surface area contributed by atoms with Crippen molar-refractivity contribution in [3.8, 4) is 0 Å². The molecule has 2 aromatic heterocycles. The van der Waals surface area contributed by atoms with Crippen molar-refractivity contribution in [2.24, 2.45) is 0 Å².